The summed E-state index contributed by atoms with van der Waals surface area (Å²) in [5, 5.41) is 13.4. The summed E-state index contributed by atoms with van der Waals surface area (Å²) in [6.45, 7) is 3.81. The number of fused-ring (bicyclic) bond motifs is 1. The van der Waals surface area contributed by atoms with E-state index in [0.29, 0.717) is 18.1 Å². The van der Waals surface area contributed by atoms with Crippen LogP contribution in [0, 0.1) is 5.92 Å². The highest BCUT2D eigenvalue weighted by molar-refractivity contribution is 5.35. The van der Waals surface area contributed by atoms with Gasteiger partial charge in [0.2, 0.25) is 0 Å². The first kappa shape index (κ1) is 14.3. The van der Waals surface area contributed by atoms with Crippen LogP contribution in [0.2, 0.25) is 0 Å². The molecule has 1 fully saturated rings. The van der Waals surface area contributed by atoms with E-state index in [1.807, 2.05) is 18.2 Å². The van der Waals surface area contributed by atoms with Gasteiger partial charge in [-0.05, 0) is 43.9 Å². The lowest BCUT2D eigenvalue weighted by Gasteiger charge is -2.32. The van der Waals surface area contributed by atoms with Crippen molar-refractivity contribution in [2.24, 2.45) is 5.92 Å². The van der Waals surface area contributed by atoms with E-state index in [-0.39, 0.29) is 12.3 Å². The number of aliphatic hydroxyl groups is 1. The van der Waals surface area contributed by atoms with Gasteiger partial charge in [0.15, 0.2) is 5.65 Å². The van der Waals surface area contributed by atoms with Gasteiger partial charge < -0.3 is 10.0 Å². The second kappa shape index (κ2) is 6.41. The van der Waals surface area contributed by atoms with Gasteiger partial charge in [-0.2, -0.15) is 0 Å². The number of piperidine rings is 1. The maximum atomic E-state index is 12.2. The Morgan fingerprint density at radius 3 is 3.05 bits per heavy atom. The Hall–Kier alpha value is -1.66. The minimum Gasteiger partial charge on any atom is -0.396 e. The van der Waals surface area contributed by atoms with Crippen molar-refractivity contribution in [2.75, 3.05) is 26.2 Å². The Bertz CT molecular complexity index is 646. The van der Waals surface area contributed by atoms with E-state index in [1.54, 1.807) is 15.3 Å². The fourth-order valence-corrected chi connectivity index (χ4v) is 3.12. The summed E-state index contributed by atoms with van der Waals surface area (Å²) in [7, 11) is 0. The zero-order valence-electron chi connectivity index (χ0n) is 12.2. The normalized spacial score (nSPS) is 20.1. The predicted molar refractivity (Wildman–Crippen MR) is 80.3 cm³/mol. The standard InChI is InChI=1S/C15H22N4O2/c20-11-6-13-4-3-7-17(12-13)9-10-19-15(21)18-8-2-1-5-14(18)16-19/h1-2,5,8,13,20H,3-4,6-7,9-12H2. The van der Waals surface area contributed by atoms with Crippen molar-refractivity contribution in [3.63, 3.8) is 0 Å². The van der Waals surface area contributed by atoms with Crippen LogP contribution in [0.4, 0.5) is 0 Å². The van der Waals surface area contributed by atoms with E-state index < -0.39 is 0 Å². The Morgan fingerprint density at radius 1 is 1.33 bits per heavy atom. The predicted octanol–water partition coefficient (Wildman–Crippen LogP) is 0.590. The average Bonchev–Trinajstić information content (AvgIpc) is 2.83. The molecule has 0 radical (unpaired) electrons. The Balaban J connectivity index is 1.63. The van der Waals surface area contributed by atoms with E-state index in [4.69, 9.17) is 5.11 Å². The number of likely N-dealkylation sites (tertiary alicyclic amines) is 1. The molecule has 6 heteroatoms. The Labute approximate surface area is 123 Å². The molecular weight excluding hydrogens is 268 g/mol. The summed E-state index contributed by atoms with van der Waals surface area (Å²) >= 11 is 0. The van der Waals surface area contributed by atoms with E-state index in [9.17, 15) is 4.79 Å². The van der Waals surface area contributed by atoms with Gasteiger partial charge in [-0.1, -0.05) is 6.07 Å². The highest BCUT2D eigenvalue weighted by atomic mass is 16.3. The van der Waals surface area contributed by atoms with Crippen LogP contribution in [0.15, 0.2) is 29.2 Å². The van der Waals surface area contributed by atoms with E-state index >= 15 is 0 Å². The molecule has 1 aliphatic rings. The van der Waals surface area contributed by atoms with Gasteiger partial charge in [-0.15, -0.1) is 5.10 Å². The van der Waals surface area contributed by atoms with Crippen molar-refractivity contribution >= 4 is 5.65 Å². The molecule has 114 valence electrons. The number of nitrogens with zero attached hydrogens (tertiary/aromatic N) is 4. The second-order valence-corrected chi connectivity index (χ2v) is 5.76. The highest BCUT2D eigenvalue weighted by Gasteiger charge is 2.19. The molecule has 0 bridgehead atoms. The van der Waals surface area contributed by atoms with Gasteiger partial charge >= 0.3 is 5.69 Å². The maximum absolute atomic E-state index is 12.2. The quantitative estimate of drug-likeness (QED) is 0.875. The molecule has 0 aliphatic carbocycles. The summed E-state index contributed by atoms with van der Waals surface area (Å²) in [5.41, 5.74) is 0.619. The van der Waals surface area contributed by atoms with Crippen molar-refractivity contribution in [2.45, 2.75) is 25.8 Å². The van der Waals surface area contributed by atoms with Gasteiger partial charge in [0.25, 0.3) is 0 Å². The molecule has 0 saturated carbocycles. The largest absolute Gasteiger partial charge is 0.396 e. The van der Waals surface area contributed by atoms with Crippen LogP contribution >= 0.6 is 0 Å². The molecular formula is C15H22N4O2. The van der Waals surface area contributed by atoms with Gasteiger partial charge in [0.05, 0.1) is 6.54 Å². The lowest BCUT2D eigenvalue weighted by Crippen LogP contribution is -2.39. The summed E-state index contributed by atoms with van der Waals surface area (Å²) in [6, 6.07) is 5.57. The van der Waals surface area contributed by atoms with Gasteiger partial charge in [0, 0.05) is 25.9 Å². The number of hydrogen-bond donors (Lipinski definition) is 1. The summed E-state index contributed by atoms with van der Waals surface area (Å²) in [4.78, 5) is 14.6. The minimum atomic E-state index is -0.0745. The van der Waals surface area contributed by atoms with Crippen LogP contribution in [-0.4, -0.2) is 50.4 Å². The average molecular weight is 290 g/mol. The smallest absolute Gasteiger partial charge is 0.350 e. The van der Waals surface area contributed by atoms with Crippen molar-refractivity contribution < 1.29 is 5.11 Å². The van der Waals surface area contributed by atoms with Crippen LogP contribution in [0.5, 0.6) is 0 Å². The number of aromatic nitrogens is 3. The van der Waals surface area contributed by atoms with Crippen molar-refractivity contribution in [1.82, 2.24) is 19.1 Å². The summed E-state index contributed by atoms with van der Waals surface area (Å²) < 4.78 is 3.12. The zero-order chi connectivity index (χ0) is 14.7. The van der Waals surface area contributed by atoms with Crippen molar-refractivity contribution in [1.29, 1.82) is 0 Å². The third-order valence-electron chi connectivity index (χ3n) is 4.26. The number of aliphatic hydroxyl groups excluding tert-OH is 1. The third kappa shape index (κ3) is 3.16. The van der Waals surface area contributed by atoms with Crippen LogP contribution in [0.25, 0.3) is 5.65 Å². The molecule has 1 saturated heterocycles. The monoisotopic (exact) mass is 290 g/mol. The fourth-order valence-electron chi connectivity index (χ4n) is 3.12. The lowest BCUT2D eigenvalue weighted by atomic mass is 9.95. The van der Waals surface area contributed by atoms with Gasteiger partial charge in [0.1, 0.15) is 0 Å². The molecule has 6 nitrogen and oxygen atoms in total. The molecule has 1 unspecified atom stereocenters. The lowest BCUT2D eigenvalue weighted by molar-refractivity contribution is 0.143. The topological polar surface area (TPSA) is 62.8 Å². The molecule has 3 rings (SSSR count). The fraction of sp³-hybridized carbons (Fsp3) is 0.600. The molecule has 1 aliphatic heterocycles. The Morgan fingerprint density at radius 2 is 2.24 bits per heavy atom. The van der Waals surface area contributed by atoms with Crippen LogP contribution < -0.4 is 5.69 Å². The van der Waals surface area contributed by atoms with Crippen molar-refractivity contribution in [3.05, 3.63) is 34.9 Å². The van der Waals surface area contributed by atoms with E-state index in [2.05, 4.69) is 10.00 Å². The molecule has 3 heterocycles. The van der Waals surface area contributed by atoms with Crippen LogP contribution in [-0.2, 0) is 6.54 Å². The number of hydrogen-bond acceptors (Lipinski definition) is 4. The molecule has 0 aromatic carbocycles. The first-order chi connectivity index (χ1) is 10.3. The molecule has 1 atom stereocenters. The SMILES string of the molecule is O=c1n(CCN2CCCC(CCO)C2)nc2ccccn12. The first-order valence-electron chi connectivity index (χ1n) is 7.65. The summed E-state index contributed by atoms with van der Waals surface area (Å²) in [5.74, 6) is 0.585. The summed E-state index contributed by atoms with van der Waals surface area (Å²) in [6.07, 6.45) is 5.00. The number of rotatable bonds is 5. The molecule has 1 N–H and O–H groups in total. The van der Waals surface area contributed by atoms with Gasteiger partial charge in [-0.3, -0.25) is 4.40 Å². The first-order valence-corrected chi connectivity index (χ1v) is 7.65. The molecule has 21 heavy (non-hydrogen) atoms. The van der Waals surface area contributed by atoms with Gasteiger partial charge in [-0.25, -0.2) is 9.48 Å². The van der Waals surface area contributed by atoms with Crippen LogP contribution in [0.3, 0.4) is 0 Å². The van der Waals surface area contributed by atoms with Crippen LogP contribution in [0.1, 0.15) is 19.3 Å². The number of pyridine rings is 1. The van der Waals surface area contributed by atoms with Crippen molar-refractivity contribution in [3.8, 4) is 0 Å². The maximum Gasteiger partial charge on any atom is 0.350 e. The Kier molecular flexibility index (Phi) is 4.36. The zero-order valence-corrected chi connectivity index (χ0v) is 12.2. The molecule has 0 amide bonds. The highest BCUT2D eigenvalue weighted by Crippen LogP contribution is 2.18. The van der Waals surface area contributed by atoms with E-state index in [0.717, 1.165) is 26.1 Å². The van der Waals surface area contributed by atoms with E-state index in [1.165, 1.54) is 12.8 Å². The molecule has 0 spiro atoms. The third-order valence-corrected chi connectivity index (χ3v) is 4.26. The molecule has 2 aromatic rings. The second-order valence-electron chi connectivity index (χ2n) is 5.76. The molecule has 2 aromatic heterocycles. The minimum absolute atomic E-state index is 0.0745.